The molecule has 3 nitrogen and oxygen atoms in total. The van der Waals surface area contributed by atoms with E-state index in [1.165, 1.54) is 50.9 Å². The number of rotatable bonds is 4. The van der Waals surface area contributed by atoms with E-state index in [1.807, 2.05) is 19.4 Å². The number of nitrogens with zero attached hydrogens (tertiary/aromatic N) is 2. The molecule has 1 fully saturated rings. The van der Waals surface area contributed by atoms with Crippen LogP contribution in [0.5, 0.6) is 0 Å². The number of pyridine rings is 1. The van der Waals surface area contributed by atoms with Gasteiger partial charge in [0, 0.05) is 20.1 Å². The third kappa shape index (κ3) is 3.37. The highest BCUT2D eigenvalue weighted by atomic mass is 15.1. The number of anilines is 2. The average molecular weight is 247 g/mol. The van der Waals surface area contributed by atoms with Gasteiger partial charge in [-0.2, -0.15) is 0 Å². The Morgan fingerprint density at radius 1 is 1.33 bits per heavy atom. The van der Waals surface area contributed by atoms with Gasteiger partial charge in [0.25, 0.3) is 0 Å². The summed E-state index contributed by atoms with van der Waals surface area (Å²) < 4.78 is 0. The molecule has 2 rings (SSSR count). The van der Waals surface area contributed by atoms with E-state index < -0.39 is 0 Å². The van der Waals surface area contributed by atoms with Crippen LogP contribution in [0.4, 0.5) is 11.4 Å². The van der Waals surface area contributed by atoms with Crippen LogP contribution in [0, 0.1) is 5.92 Å². The predicted molar refractivity (Wildman–Crippen MR) is 78.2 cm³/mol. The first-order valence-corrected chi connectivity index (χ1v) is 7.21. The van der Waals surface area contributed by atoms with E-state index >= 15 is 0 Å². The van der Waals surface area contributed by atoms with Gasteiger partial charge in [-0.05, 0) is 31.2 Å². The van der Waals surface area contributed by atoms with Crippen LogP contribution in [0.1, 0.15) is 39.0 Å². The molecule has 1 unspecified atom stereocenters. The Morgan fingerprint density at radius 2 is 2.22 bits per heavy atom. The van der Waals surface area contributed by atoms with E-state index in [-0.39, 0.29) is 0 Å². The Labute approximate surface area is 111 Å². The van der Waals surface area contributed by atoms with Gasteiger partial charge in [0.15, 0.2) is 0 Å². The SMILES string of the molecule is CCCC1CCCN(c2cncc(NC)c2)CC1. The lowest BCUT2D eigenvalue weighted by Crippen LogP contribution is -2.24. The number of hydrogen-bond acceptors (Lipinski definition) is 3. The topological polar surface area (TPSA) is 28.2 Å². The molecular formula is C15H25N3. The van der Waals surface area contributed by atoms with E-state index in [9.17, 15) is 0 Å². The first kappa shape index (κ1) is 13.2. The van der Waals surface area contributed by atoms with Crippen LogP contribution in [0.2, 0.25) is 0 Å². The second-order valence-electron chi connectivity index (χ2n) is 5.25. The molecule has 0 spiro atoms. The largest absolute Gasteiger partial charge is 0.387 e. The Hall–Kier alpha value is -1.25. The zero-order valence-corrected chi connectivity index (χ0v) is 11.7. The minimum Gasteiger partial charge on any atom is -0.387 e. The number of aromatic nitrogens is 1. The molecule has 1 aliphatic rings. The van der Waals surface area contributed by atoms with Crippen LogP contribution in [-0.4, -0.2) is 25.1 Å². The molecule has 2 heterocycles. The van der Waals surface area contributed by atoms with Crippen molar-refractivity contribution in [3.8, 4) is 0 Å². The molecule has 1 aliphatic heterocycles. The molecule has 0 radical (unpaired) electrons. The highest BCUT2D eigenvalue weighted by molar-refractivity contribution is 5.55. The van der Waals surface area contributed by atoms with Crippen LogP contribution in [-0.2, 0) is 0 Å². The van der Waals surface area contributed by atoms with Gasteiger partial charge in [-0.3, -0.25) is 4.98 Å². The molecule has 1 aromatic heterocycles. The smallest absolute Gasteiger partial charge is 0.0573 e. The molecule has 1 N–H and O–H groups in total. The van der Waals surface area contributed by atoms with Crippen molar-refractivity contribution in [2.45, 2.75) is 39.0 Å². The van der Waals surface area contributed by atoms with Crippen LogP contribution < -0.4 is 10.2 Å². The molecule has 1 atom stereocenters. The molecule has 0 aromatic carbocycles. The zero-order valence-electron chi connectivity index (χ0n) is 11.7. The van der Waals surface area contributed by atoms with Gasteiger partial charge in [-0.15, -0.1) is 0 Å². The fourth-order valence-corrected chi connectivity index (χ4v) is 2.86. The Bertz CT molecular complexity index is 365. The standard InChI is InChI=1S/C15H25N3/c1-3-5-13-6-4-8-18(9-7-13)15-10-14(16-2)11-17-12-15/h10-13,16H,3-9H2,1-2H3. The lowest BCUT2D eigenvalue weighted by atomic mass is 9.96. The Balaban J connectivity index is 2.00. The number of nitrogens with one attached hydrogen (secondary N) is 1. The van der Waals surface area contributed by atoms with Gasteiger partial charge >= 0.3 is 0 Å². The second-order valence-corrected chi connectivity index (χ2v) is 5.25. The molecule has 3 heteroatoms. The summed E-state index contributed by atoms with van der Waals surface area (Å²) in [5, 5.41) is 3.16. The quantitative estimate of drug-likeness (QED) is 0.882. The zero-order chi connectivity index (χ0) is 12.8. The third-order valence-electron chi connectivity index (χ3n) is 3.92. The van der Waals surface area contributed by atoms with E-state index in [0.717, 1.165) is 11.6 Å². The molecule has 1 aromatic rings. The maximum absolute atomic E-state index is 4.31. The first-order chi connectivity index (χ1) is 8.83. The molecule has 1 saturated heterocycles. The average Bonchev–Trinajstić information content (AvgIpc) is 2.65. The van der Waals surface area contributed by atoms with Crippen LogP contribution in [0.25, 0.3) is 0 Å². The minimum atomic E-state index is 0.931. The van der Waals surface area contributed by atoms with Crippen molar-refractivity contribution in [1.29, 1.82) is 0 Å². The van der Waals surface area contributed by atoms with E-state index in [4.69, 9.17) is 0 Å². The predicted octanol–water partition coefficient (Wildman–Crippen LogP) is 3.53. The van der Waals surface area contributed by atoms with Gasteiger partial charge < -0.3 is 10.2 Å². The molecule has 100 valence electrons. The minimum absolute atomic E-state index is 0.931. The molecule has 0 amide bonds. The molecule has 0 saturated carbocycles. The van der Waals surface area contributed by atoms with E-state index in [0.29, 0.717) is 0 Å². The summed E-state index contributed by atoms with van der Waals surface area (Å²) in [6.07, 6.45) is 10.6. The highest BCUT2D eigenvalue weighted by Crippen LogP contribution is 2.26. The second kappa shape index (κ2) is 6.62. The Morgan fingerprint density at radius 3 is 3.00 bits per heavy atom. The Kier molecular flexibility index (Phi) is 4.85. The normalized spacial score (nSPS) is 20.6. The van der Waals surface area contributed by atoms with Gasteiger partial charge in [0.05, 0.1) is 23.8 Å². The summed E-state index contributed by atoms with van der Waals surface area (Å²) in [5.41, 5.74) is 2.36. The fourth-order valence-electron chi connectivity index (χ4n) is 2.86. The van der Waals surface area contributed by atoms with Gasteiger partial charge in [-0.25, -0.2) is 0 Å². The monoisotopic (exact) mass is 247 g/mol. The van der Waals surface area contributed by atoms with Crippen molar-refractivity contribution in [3.05, 3.63) is 18.5 Å². The van der Waals surface area contributed by atoms with E-state index in [1.54, 1.807) is 0 Å². The summed E-state index contributed by atoms with van der Waals surface area (Å²) >= 11 is 0. The third-order valence-corrected chi connectivity index (χ3v) is 3.92. The lowest BCUT2D eigenvalue weighted by molar-refractivity contribution is 0.435. The molecular weight excluding hydrogens is 222 g/mol. The summed E-state index contributed by atoms with van der Waals surface area (Å²) in [4.78, 5) is 6.80. The summed E-state index contributed by atoms with van der Waals surface area (Å²) in [5.74, 6) is 0.931. The van der Waals surface area contributed by atoms with Crippen molar-refractivity contribution in [3.63, 3.8) is 0 Å². The van der Waals surface area contributed by atoms with E-state index in [2.05, 4.69) is 28.2 Å². The summed E-state index contributed by atoms with van der Waals surface area (Å²) in [6.45, 7) is 4.65. The van der Waals surface area contributed by atoms with Crippen LogP contribution in [0.3, 0.4) is 0 Å². The molecule has 18 heavy (non-hydrogen) atoms. The van der Waals surface area contributed by atoms with Crippen molar-refractivity contribution in [2.24, 2.45) is 5.92 Å². The van der Waals surface area contributed by atoms with Crippen LogP contribution in [0.15, 0.2) is 18.5 Å². The fraction of sp³-hybridized carbons (Fsp3) is 0.667. The highest BCUT2D eigenvalue weighted by Gasteiger charge is 2.16. The van der Waals surface area contributed by atoms with Gasteiger partial charge in [0.1, 0.15) is 0 Å². The molecule has 0 aliphatic carbocycles. The van der Waals surface area contributed by atoms with Gasteiger partial charge in [0.2, 0.25) is 0 Å². The van der Waals surface area contributed by atoms with Crippen LogP contribution >= 0.6 is 0 Å². The van der Waals surface area contributed by atoms with Crippen molar-refractivity contribution in [1.82, 2.24) is 4.98 Å². The number of hydrogen-bond donors (Lipinski definition) is 1. The van der Waals surface area contributed by atoms with Crippen molar-refractivity contribution < 1.29 is 0 Å². The maximum Gasteiger partial charge on any atom is 0.0573 e. The van der Waals surface area contributed by atoms with Gasteiger partial charge in [-0.1, -0.05) is 19.8 Å². The summed E-state index contributed by atoms with van der Waals surface area (Å²) in [6, 6.07) is 2.20. The lowest BCUT2D eigenvalue weighted by Gasteiger charge is -2.23. The first-order valence-electron chi connectivity index (χ1n) is 7.21. The molecule has 0 bridgehead atoms. The van der Waals surface area contributed by atoms with Crippen molar-refractivity contribution in [2.75, 3.05) is 30.4 Å². The van der Waals surface area contributed by atoms with Crippen molar-refractivity contribution >= 4 is 11.4 Å². The summed E-state index contributed by atoms with van der Waals surface area (Å²) in [7, 11) is 1.94. The maximum atomic E-state index is 4.31.